The van der Waals surface area contributed by atoms with Crippen LogP contribution in [0.25, 0.3) is 0 Å². The number of hydrogen-bond donors (Lipinski definition) is 1. The van der Waals surface area contributed by atoms with E-state index in [1.807, 2.05) is 13.8 Å². The summed E-state index contributed by atoms with van der Waals surface area (Å²) < 4.78 is 4.71. The lowest BCUT2D eigenvalue weighted by atomic mass is 10.0. The van der Waals surface area contributed by atoms with Crippen LogP contribution in [0, 0.1) is 5.92 Å². The molecule has 1 aromatic carbocycles. The lowest BCUT2D eigenvalue weighted by Crippen LogP contribution is -2.46. The van der Waals surface area contributed by atoms with Crippen LogP contribution in [0.2, 0.25) is 0 Å². The molecule has 1 saturated heterocycles. The molecule has 3 rings (SSSR count). The second-order valence-electron chi connectivity index (χ2n) is 7.58. The van der Waals surface area contributed by atoms with Crippen LogP contribution >= 0.6 is 0 Å². The molecule has 150 valence electrons. The molecule has 0 atom stereocenters. The van der Waals surface area contributed by atoms with Gasteiger partial charge in [0, 0.05) is 31.2 Å². The molecule has 1 aromatic rings. The Morgan fingerprint density at radius 3 is 2.39 bits per heavy atom. The highest BCUT2D eigenvalue weighted by molar-refractivity contribution is 6.22. The smallest absolute Gasteiger partial charge is 0.409 e. The Bertz CT molecular complexity index is 812. The maximum absolute atomic E-state index is 12.6. The molecule has 28 heavy (non-hydrogen) atoms. The first-order valence-electron chi connectivity index (χ1n) is 9.45. The fourth-order valence-electron chi connectivity index (χ4n) is 3.57. The van der Waals surface area contributed by atoms with Crippen molar-refractivity contribution in [2.45, 2.75) is 32.7 Å². The van der Waals surface area contributed by atoms with Gasteiger partial charge >= 0.3 is 6.09 Å². The van der Waals surface area contributed by atoms with E-state index in [4.69, 9.17) is 4.74 Å². The number of ether oxygens (including phenoxy) is 1. The van der Waals surface area contributed by atoms with E-state index >= 15 is 0 Å². The fourth-order valence-corrected chi connectivity index (χ4v) is 3.57. The van der Waals surface area contributed by atoms with Gasteiger partial charge in [0.25, 0.3) is 17.7 Å². The van der Waals surface area contributed by atoms with Crippen LogP contribution in [0.15, 0.2) is 18.2 Å². The number of methoxy groups -OCH3 is 1. The number of piperidine rings is 1. The number of imide groups is 1. The molecule has 0 spiro atoms. The Morgan fingerprint density at radius 2 is 1.79 bits per heavy atom. The molecule has 0 aliphatic carbocycles. The van der Waals surface area contributed by atoms with Gasteiger partial charge in [-0.05, 0) is 37.0 Å². The van der Waals surface area contributed by atoms with E-state index in [9.17, 15) is 19.2 Å². The third kappa shape index (κ3) is 3.85. The van der Waals surface area contributed by atoms with Gasteiger partial charge in [0.05, 0.1) is 18.2 Å². The van der Waals surface area contributed by atoms with Crippen LogP contribution in [-0.4, -0.2) is 66.4 Å². The number of nitrogens with zero attached hydrogens (tertiary/aromatic N) is 2. The molecule has 0 radical (unpaired) electrons. The molecular formula is C20H25N3O5. The molecule has 0 aromatic heterocycles. The summed E-state index contributed by atoms with van der Waals surface area (Å²) in [6.07, 6.45) is 0.897. The van der Waals surface area contributed by atoms with E-state index in [0.29, 0.717) is 43.6 Å². The van der Waals surface area contributed by atoms with Gasteiger partial charge in [0.2, 0.25) is 0 Å². The van der Waals surface area contributed by atoms with Gasteiger partial charge in [-0.15, -0.1) is 0 Å². The molecule has 1 fully saturated rings. The van der Waals surface area contributed by atoms with Gasteiger partial charge in [-0.3, -0.25) is 19.3 Å². The minimum absolute atomic E-state index is 0.0589. The molecule has 1 N–H and O–H groups in total. The lowest BCUT2D eigenvalue weighted by molar-refractivity contribution is 0.0635. The first kappa shape index (κ1) is 19.9. The van der Waals surface area contributed by atoms with Crippen LogP contribution in [0.4, 0.5) is 4.79 Å². The number of hydrogen-bond acceptors (Lipinski definition) is 5. The van der Waals surface area contributed by atoms with Crippen LogP contribution in [0.1, 0.15) is 57.8 Å². The summed E-state index contributed by atoms with van der Waals surface area (Å²) in [7, 11) is 1.35. The van der Waals surface area contributed by atoms with E-state index in [2.05, 4.69) is 5.32 Å². The maximum atomic E-state index is 12.6. The zero-order chi connectivity index (χ0) is 20.4. The molecule has 4 amide bonds. The predicted molar refractivity (Wildman–Crippen MR) is 101 cm³/mol. The van der Waals surface area contributed by atoms with Crippen molar-refractivity contribution in [2.75, 3.05) is 26.7 Å². The number of carbonyl (C=O) groups is 4. The average Bonchev–Trinajstić information content (AvgIpc) is 2.92. The number of amides is 4. The van der Waals surface area contributed by atoms with Crippen LogP contribution in [-0.2, 0) is 4.74 Å². The summed E-state index contributed by atoms with van der Waals surface area (Å²) in [6, 6.07) is 4.55. The molecular weight excluding hydrogens is 362 g/mol. The third-order valence-electron chi connectivity index (χ3n) is 5.04. The maximum Gasteiger partial charge on any atom is 0.409 e. The largest absolute Gasteiger partial charge is 0.453 e. The second kappa shape index (κ2) is 8.00. The SMILES string of the molecule is COC(=O)N1CCC(NC(=O)c2ccc3c(c2)C(=O)N(CC(C)C)C3=O)CC1. The Hall–Kier alpha value is -2.90. The summed E-state index contributed by atoms with van der Waals surface area (Å²) in [4.78, 5) is 51.9. The predicted octanol–water partition coefficient (Wildman–Crippen LogP) is 1.90. The van der Waals surface area contributed by atoms with Crippen molar-refractivity contribution in [3.63, 3.8) is 0 Å². The van der Waals surface area contributed by atoms with Crippen molar-refractivity contribution in [1.82, 2.24) is 15.1 Å². The quantitative estimate of drug-likeness (QED) is 0.796. The molecule has 0 bridgehead atoms. The molecule has 0 unspecified atom stereocenters. The van der Waals surface area contributed by atoms with Crippen molar-refractivity contribution >= 4 is 23.8 Å². The summed E-state index contributed by atoms with van der Waals surface area (Å²) in [5, 5.41) is 2.95. The van der Waals surface area contributed by atoms with Gasteiger partial charge in [-0.25, -0.2) is 4.79 Å². The molecule has 2 aliphatic heterocycles. The number of likely N-dealkylation sites (tertiary alicyclic amines) is 1. The number of nitrogens with one attached hydrogen (secondary N) is 1. The zero-order valence-corrected chi connectivity index (χ0v) is 16.4. The van der Waals surface area contributed by atoms with Crippen molar-refractivity contribution in [2.24, 2.45) is 5.92 Å². The van der Waals surface area contributed by atoms with Crippen molar-refractivity contribution in [3.8, 4) is 0 Å². The Balaban J connectivity index is 1.66. The third-order valence-corrected chi connectivity index (χ3v) is 5.04. The topological polar surface area (TPSA) is 96.0 Å². The lowest BCUT2D eigenvalue weighted by Gasteiger charge is -2.31. The van der Waals surface area contributed by atoms with Gasteiger partial charge < -0.3 is 15.0 Å². The zero-order valence-electron chi connectivity index (χ0n) is 16.4. The van der Waals surface area contributed by atoms with E-state index in [-0.39, 0.29) is 41.3 Å². The van der Waals surface area contributed by atoms with Crippen LogP contribution in [0.5, 0.6) is 0 Å². The monoisotopic (exact) mass is 387 g/mol. The highest BCUT2D eigenvalue weighted by atomic mass is 16.5. The van der Waals surface area contributed by atoms with Crippen molar-refractivity contribution in [3.05, 3.63) is 34.9 Å². The van der Waals surface area contributed by atoms with E-state index in [0.717, 1.165) is 0 Å². The Labute approximate surface area is 163 Å². The summed E-state index contributed by atoms with van der Waals surface area (Å²) in [5.41, 5.74) is 0.967. The van der Waals surface area contributed by atoms with Gasteiger partial charge in [0.15, 0.2) is 0 Å². The molecule has 8 nitrogen and oxygen atoms in total. The summed E-state index contributed by atoms with van der Waals surface area (Å²) >= 11 is 0. The second-order valence-corrected chi connectivity index (χ2v) is 7.58. The minimum atomic E-state index is -0.363. The first-order chi connectivity index (χ1) is 13.3. The molecule has 0 saturated carbocycles. The van der Waals surface area contributed by atoms with E-state index in [1.165, 1.54) is 18.1 Å². The van der Waals surface area contributed by atoms with Crippen molar-refractivity contribution < 1.29 is 23.9 Å². The van der Waals surface area contributed by atoms with Crippen molar-refractivity contribution in [1.29, 1.82) is 0 Å². The highest BCUT2D eigenvalue weighted by Crippen LogP contribution is 2.25. The number of fused-ring (bicyclic) bond motifs is 1. The first-order valence-corrected chi connectivity index (χ1v) is 9.45. The minimum Gasteiger partial charge on any atom is -0.453 e. The number of rotatable bonds is 4. The van der Waals surface area contributed by atoms with Gasteiger partial charge in [-0.2, -0.15) is 0 Å². The molecule has 2 aliphatic rings. The number of benzene rings is 1. The number of carbonyl (C=O) groups excluding carboxylic acids is 4. The van der Waals surface area contributed by atoms with Crippen LogP contribution in [0.3, 0.4) is 0 Å². The molecule has 8 heteroatoms. The van der Waals surface area contributed by atoms with E-state index < -0.39 is 0 Å². The Morgan fingerprint density at radius 1 is 1.14 bits per heavy atom. The van der Waals surface area contributed by atoms with E-state index in [1.54, 1.807) is 17.0 Å². The fraction of sp³-hybridized carbons (Fsp3) is 0.500. The normalized spacial score (nSPS) is 17.1. The van der Waals surface area contributed by atoms with Gasteiger partial charge in [-0.1, -0.05) is 13.8 Å². The average molecular weight is 387 g/mol. The Kier molecular flexibility index (Phi) is 5.67. The standard InChI is InChI=1S/C20H25N3O5/c1-12(2)11-23-18(25)15-5-4-13(10-16(15)19(23)26)17(24)21-14-6-8-22(9-7-14)20(27)28-3/h4-5,10,12,14H,6-9,11H2,1-3H3,(H,21,24). The highest BCUT2D eigenvalue weighted by Gasteiger charge is 2.36. The summed E-state index contributed by atoms with van der Waals surface area (Å²) in [5.74, 6) is -0.784. The molecule has 2 heterocycles. The van der Waals surface area contributed by atoms with Crippen LogP contribution < -0.4 is 5.32 Å². The summed E-state index contributed by atoms with van der Waals surface area (Å²) in [6.45, 7) is 5.26. The van der Waals surface area contributed by atoms with Gasteiger partial charge in [0.1, 0.15) is 0 Å².